The predicted molar refractivity (Wildman–Crippen MR) is 442 cm³/mol. The molecule has 0 bridgehead atoms. The number of nitrogens with zero attached hydrogens (tertiary/aromatic N) is 5. The number of aliphatic hydroxyl groups excluding tert-OH is 1. The molecule has 0 saturated carbocycles. The molecule has 5 heterocycles. The largest absolute Gasteiger partial charge is 0.512 e. The molecular weight excluding hydrogens is 1870 g/mol. The number of allylic oxidation sites excluding steroid dienone is 2. The van der Waals surface area contributed by atoms with Gasteiger partial charge in [0.05, 0.1) is 11.3 Å². The van der Waals surface area contributed by atoms with E-state index in [9.17, 15) is 9.90 Å². The molecule has 10 heteroatoms. The van der Waals surface area contributed by atoms with Gasteiger partial charge in [-0.25, -0.2) is 0 Å². The number of aromatic nitrogens is 5. The van der Waals surface area contributed by atoms with Gasteiger partial charge in [0.25, 0.3) is 0 Å². The summed E-state index contributed by atoms with van der Waals surface area (Å²) in [5.74, 6) is 2.25. The van der Waals surface area contributed by atoms with Gasteiger partial charge in [-0.05, 0) is 146 Å². The van der Waals surface area contributed by atoms with Crippen LogP contribution in [0, 0.1) is 74.8 Å². The summed E-state index contributed by atoms with van der Waals surface area (Å²) in [6.45, 7) is 23.3. The van der Waals surface area contributed by atoms with Crippen molar-refractivity contribution in [2.45, 2.75) is 102 Å². The minimum absolute atomic E-state index is 0. The molecule has 0 aliphatic heterocycles. The molecule has 0 atom stereocenters. The molecule has 0 amide bonds. The van der Waals surface area contributed by atoms with Crippen LogP contribution in [0.25, 0.3) is 101 Å². The zero-order chi connectivity index (χ0) is 75.0. The van der Waals surface area contributed by atoms with Crippen LogP contribution in [-0.2, 0) is 78.0 Å². The first kappa shape index (κ1) is 88.1. The zero-order valence-corrected chi connectivity index (χ0v) is 71.3. The zero-order valence-electron chi connectivity index (χ0n) is 64.1. The third-order valence-corrected chi connectivity index (χ3v) is 16.7. The van der Waals surface area contributed by atoms with Crippen LogP contribution in [0.15, 0.2) is 310 Å². The normalized spacial score (nSPS) is 10.5. The molecule has 14 aromatic rings. The van der Waals surface area contributed by atoms with Crippen molar-refractivity contribution in [1.82, 2.24) is 24.9 Å². The monoisotopic (exact) mass is 1970 g/mol. The van der Waals surface area contributed by atoms with E-state index in [2.05, 4.69) is 219 Å². The van der Waals surface area contributed by atoms with Crippen molar-refractivity contribution < 1.29 is 70.2 Å². The fourth-order valence-corrected chi connectivity index (χ4v) is 11.8. The predicted octanol–water partition coefficient (Wildman–Crippen LogP) is 25.3. The molecule has 5 aromatic heterocycles. The molecule has 1 N–H and O–H groups in total. The number of benzene rings is 9. The number of aryl methyl sites for hydroxylation is 3. The Morgan fingerprint density at radius 3 is 1.34 bits per heavy atom. The summed E-state index contributed by atoms with van der Waals surface area (Å²) in [7, 11) is 0. The number of aliphatic hydroxyl groups is 1. The Bertz CT molecular complexity index is 4840. The number of hydrogen-bond donors (Lipinski definition) is 1. The van der Waals surface area contributed by atoms with Crippen molar-refractivity contribution in [2.75, 3.05) is 0 Å². The van der Waals surface area contributed by atoms with E-state index in [0.717, 1.165) is 85.8 Å². The van der Waals surface area contributed by atoms with Crippen LogP contribution in [0.3, 0.4) is 0 Å². The summed E-state index contributed by atoms with van der Waals surface area (Å²) in [5, 5.41) is 10.6. The molecule has 109 heavy (non-hydrogen) atoms. The smallest absolute Gasteiger partial charge is 0.159 e. The number of rotatable bonds is 17. The molecule has 7 nitrogen and oxygen atoms in total. The standard InChI is InChI=1S/C27H26N.C21H20N.C17H12N.C12H10N.C11H8N.C11H20O2.3Ir/c1-18(2)12-23-17-27(24-14-19(3)13-20(4)15-24)28-26-11-10-22(16-25(23)26)21-8-6-5-7-9-21;1-16(2)14-17-8-10-18(11-9-17)20-12-13-22-21(15-20)19-6-4-3-5-7-19;1-3-7-14(8-4-1)16-11-12-17(18-13-16)15-9-5-2-6-10-15;1-10-7-8-12(13-9-10)11-5-3-2-4-6-11;1-2-6-10(7-3-1)11-8-4-5-9-12-11;1-8(2)5-10(12)7-11(13)6-9(3)4;;;/h5-11,13-14,16-18H,12H2,1-4H3;3-6,8-13,15-16H,14H2,1-2H3;1-9,11-13H;2-5,7-9H,1H3;1-6,8-9H;7-9,12H,5-6H2,1-4H3;;;/q5*-1;;;;. The molecule has 0 aliphatic carbocycles. The first-order valence-corrected chi connectivity index (χ1v) is 36.6. The van der Waals surface area contributed by atoms with E-state index in [0.29, 0.717) is 36.5 Å². The second-order valence-electron chi connectivity index (χ2n) is 28.0. The van der Waals surface area contributed by atoms with Crippen LogP contribution in [0.2, 0.25) is 0 Å². The molecule has 0 saturated heterocycles. The molecule has 14 rings (SSSR count). The van der Waals surface area contributed by atoms with Gasteiger partial charge in [0.15, 0.2) is 5.78 Å². The maximum atomic E-state index is 11.2. The van der Waals surface area contributed by atoms with Crippen molar-refractivity contribution in [3.63, 3.8) is 0 Å². The Hall–Kier alpha value is -9.85. The first-order chi connectivity index (χ1) is 51.4. The Morgan fingerprint density at radius 2 is 0.853 bits per heavy atom. The van der Waals surface area contributed by atoms with E-state index >= 15 is 0 Å². The number of ketones is 1. The summed E-state index contributed by atoms with van der Waals surface area (Å²) in [4.78, 5) is 33.7. The van der Waals surface area contributed by atoms with E-state index in [1.54, 1.807) is 6.20 Å². The van der Waals surface area contributed by atoms with Crippen molar-refractivity contribution in [3.05, 3.63) is 368 Å². The van der Waals surface area contributed by atoms with E-state index in [1.165, 1.54) is 61.5 Å². The summed E-state index contributed by atoms with van der Waals surface area (Å²) >= 11 is 0. The molecule has 0 fully saturated rings. The van der Waals surface area contributed by atoms with Crippen LogP contribution >= 0.6 is 0 Å². The van der Waals surface area contributed by atoms with E-state index in [4.69, 9.17) is 4.98 Å². The van der Waals surface area contributed by atoms with Crippen molar-refractivity contribution in [1.29, 1.82) is 0 Å². The van der Waals surface area contributed by atoms with Gasteiger partial charge in [-0.15, -0.1) is 178 Å². The molecule has 0 aliphatic rings. The van der Waals surface area contributed by atoms with Crippen LogP contribution in [-0.4, -0.2) is 35.8 Å². The Balaban J connectivity index is 0.000000209. The number of carbonyl (C=O) groups is 1. The Labute approximate surface area is 689 Å². The second-order valence-corrected chi connectivity index (χ2v) is 28.0. The SMILES string of the molecule is CC(C)CC(=O)C=C(O)CC(C)C.CC(C)Cc1ccc(-c2ccnc(-c3[c-]cccc3)c2)cc1.Cc1[c-]c(-c2cc(CC(C)C)c3cc(-c4ccccc4)ccc3n2)cc(C)c1.Cc1ccc(-c2[c-]cccc2)nc1.[Ir].[Ir].[Ir].[c-]1ccccc1-c1ccc(-c2ccccc2)cn1.[c-]1ccccc1-c1ccccn1. The van der Waals surface area contributed by atoms with Gasteiger partial charge in [-0.2, -0.15) is 0 Å². The molecule has 0 unspecified atom stereocenters. The first-order valence-electron chi connectivity index (χ1n) is 36.6. The number of pyridine rings is 5. The van der Waals surface area contributed by atoms with Gasteiger partial charge in [0.2, 0.25) is 0 Å². The molecular formula is C99H96Ir3N5O2-5. The van der Waals surface area contributed by atoms with Gasteiger partial charge in [0.1, 0.15) is 0 Å². The quantitative estimate of drug-likeness (QED) is 0.0550. The van der Waals surface area contributed by atoms with Crippen LogP contribution < -0.4 is 0 Å². The van der Waals surface area contributed by atoms with Gasteiger partial charge in [-0.1, -0.05) is 209 Å². The maximum absolute atomic E-state index is 11.2. The second kappa shape index (κ2) is 46.5. The van der Waals surface area contributed by atoms with Gasteiger partial charge in [0, 0.05) is 109 Å². The average Bonchev–Trinajstić information content (AvgIpc) is 0.783. The van der Waals surface area contributed by atoms with Crippen LogP contribution in [0.1, 0.15) is 96.0 Å². The Kier molecular flexibility index (Phi) is 37.6. The van der Waals surface area contributed by atoms with Crippen molar-refractivity contribution >= 4 is 16.7 Å². The summed E-state index contributed by atoms with van der Waals surface area (Å²) in [6, 6.07) is 109. The molecule has 0 spiro atoms. The third kappa shape index (κ3) is 29.6. The summed E-state index contributed by atoms with van der Waals surface area (Å²) in [6.07, 6.45) is 12.1. The fraction of sp³-hybridized carbons (Fsp3) is 0.192. The average molecular weight is 1960 g/mol. The molecule has 9 aromatic carbocycles. The third-order valence-electron chi connectivity index (χ3n) is 16.7. The van der Waals surface area contributed by atoms with Crippen LogP contribution in [0.4, 0.5) is 0 Å². The molecule has 561 valence electrons. The van der Waals surface area contributed by atoms with Gasteiger partial charge >= 0.3 is 0 Å². The van der Waals surface area contributed by atoms with Gasteiger partial charge in [-0.3, -0.25) is 9.78 Å². The topological polar surface area (TPSA) is 102 Å². The van der Waals surface area contributed by atoms with Crippen LogP contribution in [0.5, 0.6) is 0 Å². The minimum atomic E-state index is 0. The molecule has 3 radical (unpaired) electrons. The van der Waals surface area contributed by atoms with E-state index in [-0.39, 0.29) is 71.9 Å². The van der Waals surface area contributed by atoms with Crippen molar-refractivity contribution in [3.8, 4) is 89.7 Å². The van der Waals surface area contributed by atoms with Gasteiger partial charge < -0.3 is 25.0 Å². The summed E-state index contributed by atoms with van der Waals surface area (Å²) in [5.41, 5.74) is 24.7. The Morgan fingerprint density at radius 1 is 0.376 bits per heavy atom. The van der Waals surface area contributed by atoms with E-state index < -0.39 is 0 Å². The number of hydrogen-bond acceptors (Lipinski definition) is 7. The van der Waals surface area contributed by atoms with E-state index in [1.807, 2.05) is 199 Å². The minimum Gasteiger partial charge on any atom is -0.512 e. The fourth-order valence-electron chi connectivity index (χ4n) is 11.8. The van der Waals surface area contributed by atoms with Crippen molar-refractivity contribution in [2.24, 2.45) is 23.7 Å². The number of carbonyl (C=O) groups excluding carboxylic acids is 1. The summed E-state index contributed by atoms with van der Waals surface area (Å²) < 4.78 is 0. The maximum Gasteiger partial charge on any atom is 0.159 e. The number of fused-ring (bicyclic) bond motifs is 1.